The van der Waals surface area contributed by atoms with Gasteiger partial charge in [-0.15, -0.1) is 11.3 Å². The number of anilines is 3. The van der Waals surface area contributed by atoms with E-state index in [-0.39, 0.29) is 10.8 Å². The third kappa shape index (κ3) is 3.61. The summed E-state index contributed by atoms with van der Waals surface area (Å²) in [5.74, 6) is 0. The van der Waals surface area contributed by atoms with E-state index >= 15 is 0 Å². The van der Waals surface area contributed by atoms with Crippen molar-refractivity contribution in [1.82, 2.24) is 0 Å². The van der Waals surface area contributed by atoms with Crippen LogP contribution in [0.2, 0.25) is 0 Å². The molecule has 2 heteroatoms. The highest BCUT2D eigenvalue weighted by Crippen LogP contribution is 2.53. The number of benzene rings is 5. The largest absolute Gasteiger partial charge is 0.310 e. The summed E-state index contributed by atoms with van der Waals surface area (Å²) in [6.07, 6.45) is 0. The van der Waals surface area contributed by atoms with Crippen LogP contribution in [-0.2, 0) is 10.8 Å². The van der Waals surface area contributed by atoms with Crippen molar-refractivity contribution in [3.8, 4) is 32.7 Å². The molecule has 0 atom stereocenters. The van der Waals surface area contributed by atoms with Crippen LogP contribution < -0.4 is 4.90 Å². The van der Waals surface area contributed by atoms with E-state index in [0.717, 1.165) is 5.69 Å². The Morgan fingerprint density at radius 2 is 0.929 bits per heavy atom. The van der Waals surface area contributed by atoms with Crippen LogP contribution in [0.4, 0.5) is 17.1 Å². The minimum atomic E-state index is -0.0573. The number of fused-ring (bicyclic) bond motifs is 6. The number of hydrogen-bond acceptors (Lipinski definition) is 2. The third-order valence-corrected chi connectivity index (χ3v) is 10.5. The van der Waals surface area contributed by atoms with Gasteiger partial charge in [0.2, 0.25) is 0 Å². The Balaban J connectivity index is 1.30. The fourth-order valence-electron chi connectivity index (χ4n) is 7.33. The molecule has 6 aromatic rings. The first kappa shape index (κ1) is 25.3. The maximum atomic E-state index is 2.44. The molecule has 8 rings (SSSR count). The first-order valence-electron chi connectivity index (χ1n) is 14.8. The lowest BCUT2D eigenvalue weighted by molar-refractivity contribution is 0.660. The van der Waals surface area contributed by atoms with Crippen molar-refractivity contribution in [2.24, 2.45) is 0 Å². The van der Waals surface area contributed by atoms with E-state index in [1.807, 2.05) is 0 Å². The van der Waals surface area contributed by atoms with Gasteiger partial charge in [-0.3, -0.25) is 0 Å². The first-order valence-corrected chi connectivity index (χ1v) is 15.6. The summed E-state index contributed by atoms with van der Waals surface area (Å²) in [6.45, 7) is 9.43. The van der Waals surface area contributed by atoms with Crippen LogP contribution in [0.25, 0.3) is 32.7 Å². The Hall–Kier alpha value is -4.40. The van der Waals surface area contributed by atoms with E-state index < -0.39 is 0 Å². The fourth-order valence-corrected chi connectivity index (χ4v) is 8.06. The molecule has 0 unspecified atom stereocenters. The normalized spacial score (nSPS) is 15.0. The Labute approximate surface area is 252 Å². The summed E-state index contributed by atoms with van der Waals surface area (Å²) in [5.41, 5.74) is 15.7. The van der Waals surface area contributed by atoms with Gasteiger partial charge in [0.1, 0.15) is 0 Å². The van der Waals surface area contributed by atoms with Crippen molar-refractivity contribution in [1.29, 1.82) is 0 Å². The SMILES string of the molecule is CC1(C)c2ccccc2-c2ccc(N(c3ccc(-c4cccs4)cc3)c3ccc4c(c3)C(C)(C)c3ccccc3-4)cc21. The van der Waals surface area contributed by atoms with Gasteiger partial charge in [0, 0.05) is 32.8 Å². The van der Waals surface area contributed by atoms with Crippen molar-refractivity contribution in [3.63, 3.8) is 0 Å². The lowest BCUT2D eigenvalue weighted by Crippen LogP contribution is -2.18. The number of hydrogen-bond donors (Lipinski definition) is 0. The average Bonchev–Trinajstić information content (AvgIpc) is 3.69. The zero-order chi connectivity index (χ0) is 28.6. The maximum absolute atomic E-state index is 2.44. The Morgan fingerprint density at radius 1 is 0.452 bits per heavy atom. The molecule has 0 fully saturated rings. The molecule has 2 aliphatic rings. The summed E-state index contributed by atoms with van der Waals surface area (Å²) in [7, 11) is 0. The molecule has 1 aromatic heterocycles. The highest BCUT2D eigenvalue weighted by atomic mass is 32.1. The Bertz CT molecular complexity index is 1870. The molecule has 0 bridgehead atoms. The zero-order valence-corrected chi connectivity index (χ0v) is 25.3. The fraction of sp³-hybridized carbons (Fsp3) is 0.150. The molecule has 2 aliphatic carbocycles. The molecule has 1 heterocycles. The molecule has 0 radical (unpaired) electrons. The molecule has 0 amide bonds. The highest BCUT2D eigenvalue weighted by molar-refractivity contribution is 7.13. The topological polar surface area (TPSA) is 3.24 Å². The molecular weight excluding hydrogens is 527 g/mol. The van der Waals surface area contributed by atoms with E-state index in [1.54, 1.807) is 11.3 Å². The minimum Gasteiger partial charge on any atom is -0.310 e. The Morgan fingerprint density at radius 3 is 1.43 bits per heavy atom. The predicted molar refractivity (Wildman–Crippen MR) is 180 cm³/mol. The van der Waals surface area contributed by atoms with Crippen molar-refractivity contribution < 1.29 is 0 Å². The molecule has 0 spiro atoms. The summed E-state index contributed by atoms with van der Waals surface area (Å²) < 4.78 is 0. The molecule has 5 aromatic carbocycles. The summed E-state index contributed by atoms with van der Waals surface area (Å²) in [5, 5.41) is 2.14. The van der Waals surface area contributed by atoms with E-state index in [4.69, 9.17) is 0 Å². The number of thiophene rings is 1. The molecule has 0 N–H and O–H groups in total. The summed E-state index contributed by atoms with van der Waals surface area (Å²) >= 11 is 1.78. The summed E-state index contributed by atoms with van der Waals surface area (Å²) in [6, 6.07) is 45.3. The smallest absolute Gasteiger partial charge is 0.0465 e. The van der Waals surface area contributed by atoms with Crippen LogP contribution in [0.1, 0.15) is 49.9 Å². The van der Waals surface area contributed by atoms with Crippen molar-refractivity contribution in [3.05, 3.63) is 149 Å². The van der Waals surface area contributed by atoms with Gasteiger partial charge in [0.15, 0.2) is 0 Å². The van der Waals surface area contributed by atoms with Crippen molar-refractivity contribution in [2.75, 3.05) is 4.90 Å². The van der Waals surface area contributed by atoms with Crippen LogP contribution in [0.3, 0.4) is 0 Å². The van der Waals surface area contributed by atoms with Gasteiger partial charge in [0.05, 0.1) is 0 Å². The third-order valence-electron chi connectivity index (χ3n) is 9.58. The molecule has 204 valence electrons. The molecule has 0 saturated carbocycles. The average molecular weight is 560 g/mol. The molecule has 42 heavy (non-hydrogen) atoms. The minimum absolute atomic E-state index is 0.0573. The van der Waals surface area contributed by atoms with E-state index in [0.29, 0.717) is 0 Å². The predicted octanol–water partition coefficient (Wildman–Crippen LogP) is 11.5. The van der Waals surface area contributed by atoms with E-state index in [1.165, 1.54) is 66.3 Å². The van der Waals surface area contributed by atoms with Crippen LogP contribution in [0, 0.1) is 0 Å². The van der Waals surface area contributed by atoms with E-state index in [2.05, 4.69) is 159 Å². The van der Waals surface area contributed by atoms with Gasteiger partial charge in [-0.2, -0.15) is 0 Å². The van der Waals surface area contributed by atoms with Crippen LogP contribution in [0.5, 0.6) is 0 Å². The second-order valence-electron chi connectivity index (χ2n) is 12.7. The standard InChI is InChI=1S/C40H33NS/c1-39(2)34-12-7-5-10-30(34)32-21-19-28(24-36(32)39)41(27-17-15-26(16-18-27)38-14-9-23-42-38)29-20-22-33-31-11-6-8-13-35(31)40(3,4)37(33)25-29/h5-25H,1-4H3. The van der Waals surface area contributed by atoms with Crippen molar-refractivity contribution >= 4 is 28.4 Å². The summed E-state index contributed by atoms with van der Waals surface area (Å²) in [4.78, 5) is 3.74. The van der Waals surface area contributed by atoms with Gasteiger partial charge in [-0.25, -0.2) is 0 Å². The van der Waals surface area contributed by atoms with Crippen LogP contribution in [0.15, 0.2) is 127 Å². The van der Waals surface area contributed by atoms with Gasteiger partial charge in [-0.1, -0.05) is 107 Å². The lowest BCUT2D eigenvalue weighted by Gasteiger charge is -2.30. The molecular formula is C40H33NS. The van der Waals surface area contributed by atoms with Crippen LogP contribution >= 0.6 is 11.3 Å². The zero-order valence-electron chi connectivity index (χ0n) is 24.5. The van der Waals surface area contributed by atoms with E-state index in [9.17, 15) is 0 Å². The Kier molecular flexibility index (Phi) is 5.45. The number of nitrogens with zero attached hydrogens (tertiary/aromatic N) is 1. The number of rotatable bonds is 4. The van der Waals surface area contributed by atoms with Gasteiger partial charge in [-0.05, 0) is 97.9 Å². The van der Waals surface area contributed by atoms with Gasteiger partial charge >= 0.3 is 0 Å². The maximum Gasteiger partial charge on any atom is 0.0465 e. The second-order valence-corrected chi connectivity index (χ2v) is 13.6. The van der Waals surface area contributed by atoms with Gasteiger partial charge in [0.25, 0.3) is 0 Å². The molecule has 0 aliphatic heterocycles. The first-order chi connectivity index (χ1) is 20.3. The molecule has 1 nitrogen and oxygen atoms in total. The highest BCUT2D eigenvalue weighted by Gasteiger charge is 2.37. The molecule has 0 saturated heterocycles. The monoisotopic (exact) mass is 559 g/mol. The second kappa shape index (κ2) is 9.05. The van der Waals surface area contributed by atoms with Gasteiger partial charge < -0.3 is 4.90 Å². The quantitative estimate of drug-likeness (QED) is 0.208. The lowest BCUT2D eigenvalue weighted by atomic mass is 9.82. The van der Waals surface area contributed by atoms with Crippen LogP contribution in [-0.4, -0.2) is 0 Å². The van der Waals surface area contributed by atoms with Crippen molar-refractivity contribution in [2.45, 2.75) is 38.5 Å².